The monoisotopic (exact) mass is 277 g/mol. The number of nitrogens with two attached hydrogens (primary N) is 1. The number of anilines is 1. The second-order valence-corrected chi connectivity index (χ2v) is 5.61. The molecule has 4 heteroatoms. The fraction of sp³-hybridized carbons (Fsp3) is 0.625. The second-order valence-electron chi connectivity index (χ2n) is 5.61. The molecular formula is C16H27N3O. The van der Waals surface area contributed by atoms with Gasteiger partial charge in [0.25, 0.3) is 0 Å². The standard InChI is InChI=1S/C16H27N3O/c1-5-14(13(3)17)7-6-12(2)16(20)19(4)15-8-10-18-11-9-15/h8-14H,5-7,17H2,1-4H3/t12-,13-,14-/m1/s1. The Morgan fingerprint density at radius 2 is 1.90 bits per heavy atom. The first-order valence-corrected chi connectivity index (χ1v) is 7.40. The normalized spacial score (nSPS) is 15.4. The number of hydrogen-bond acceptors (Lipinski definition) is 3. The average Bonchev–Trinajstić information content (AvgIpc) is 2.46. The number of carbonyl (C=O) groups is 1. The Labute approximate surface area is 122 Å². The van der Waals surface area contributed by atoms with E-state index >= 15 is 0 Å². The lowest BCUT2D eigenvalue weighted by atomic mass is 9.90. The van der Waals surface area contributed by atoms with Crippen LogP contribution < -0.4 is 10.6 Å². The van der Waals surface area contributed by atoms with E-state index in [2.05, 4.69) is 11.9 Å². The number of rotatable bonds is 7. The van der Waals surface area contributed by atoms with E-state index in [4.69, 9.17) is 5.73 Å². The molecule has 2 N–H and O–H groups in total. The summed E-state index contributed by atoms with van der Waals surface area (Å²) in [5.41, 5.74) is 6.84. The first-order valence-electron chi connectivity index (χ1n) is 7.40. The molecule has 0 bridgehead atoms. The number of amides is 1. The summed E-state index contributed by atoms with van der Waals surface area (Å²) in [6, 6.07) is 3.89. The molecule has 1 amide bonds. The van der Waals surface area contributed by atoms with Crippen molar-refractivity contribution in [1.29, 1.82) is 0 Å². The Bertz CT molecular complexity index is 405. The van der Waals surface area contributed by atoms with Crippen molar-refractivity contribution in [2.24, 2.45) is 17.6 Å². The van der Waals surface area contributed by atoms with Gasteiger partial charge in [-0.2, -0.15) is 0 Å². The maximum Gasteiger partial charge on any atom is 0.229 e. The van der Waals surface area contributed by atoms with Crippen LogP contribution in [0.4, 0.5) is 5.69 Å². The first-order chi connectivity index (χ1) is 9.47. The van der Waals surface area contributed by atoms with Crippen LogP contribution >= 0.6 is 0 Å². The summed E-state index contributed by atoms with van der Waals surface area (Å²) in [4.78, 5) is 18.1. The highest BCUT2D eigenvalue weighted by Gasteiger charge is 2.20. The zero-order valence-electron chi connectivity index (χ0n) is 13.0. The van der Waals surface area contributed by atoms with Crippen molar-refractivity contribution in [1.82, 2.24) is 4.98 Å². The molecule has 1 rings (SSSR count). The predicted molar refractivity (Wildman–Crippen MR) is 83.5 cm³/mol. The summed E-state index contributed by atoms with van der Waals surface area (Å²) < 4.78 is 0. The molecule has 1 aromatic rings. The quantitative estimate of drug-likeness (QED) is 0.833. The summed E-state index contributed by atoms with van der Waals surface area (Å²) in [6.45, 7) is 6.20. The number of pyridine rings is 1. The van der Waals surface area contributed by atoms with Crippen LogP contribution in [0.2, 0.25) is 0 Å². The maximum atomic E-state index is 12.4. The van der Waals surface area contributed by atoms with Crippen LogP contribution in [-0.4, -0.2) is 24.0 Å². The molecule has 112 valence electrons. The van der Waals surface area contributed by atoms with Gasteiger partial charge in [0.2, 0.25) is 5.91 Å². The molecule has 0 saturated heterocycles. The molecule has 3 atom stereocenters. The van der Waals surface area contributed by atoms with E-state index in [-0.39, 0.29) is 17.9 Å². The van der Waals surface area contributed by atoms with Crippen molar-refractivity contribution in [2.45, 2.75) is 46.1 Å². The summed E-state index contributed by atoms with van der Waals surface area (Å²) in [5, 5.41) is 0. The van der Waals surface area contributed by atoms with Crippen LogP contribution in [0.25, 0.3) is 0 Å². The molecule has 0 unspecified atom stereocenters. The molecule has 0 fully saturated rings. The Kier molecular flexibility index (Phi) is 6.65. The molecule has 4 nitrogen and oxygen atoms in total. The topological polar surface area (TPSA) is 59.2 Å². The van der Waals surface area contributed by atoms with Gasteiger partial charge in [-0.1, -0.05) is 20.3 Å². The van der Waals surface area contributed by atoms with E-state index < -0.39 is 0 Å². The molecular weight excluding hydrogens is 250 g/mol. The van der Waals surface area contributed by atoms with Gasteiger partial charge < -0.3 is 10.6 Å². The molecule has 0 saturated carbocycles. The van der Waals surface area contributed by atoms with Gasteiger partial charge >= 0.3 is 0 Å². The zero-order chi connectivity index (χ0) is 15.1. The SMILES string of the molecule is CC[C@H](CC[C@@H](C)C(=O)N(C)c1ccncc1)[C@@H](C)N. The summed E-state index contributed by atoms with van der Waals surface area (Å²) in [5.74, 6) is 0.660. The fourth-order valence-corrected chi connectivity index (χ4v) is 2.45. The highest BCUT2D eigenvalue weighted by atomic mass is 16.2. The van der Waals surface area contributed by atoms with Gasteiger partial charge in [0.1, 0.15) is 0 Å². The Hall–Kier alpha value is -1.42. The number of hydrogen-bond donors (Lipinski definition) is 1. The second kappa shape index (κ2) is 8.00. The van der Waals surface area contributed by atoms with E-state index in [9.17, 15) is 4.79 Å². The third kappa shape index (κ3) is 4.60. The highest BCUT2D eigenvalue weighted by molar-refractivity contribution is 5.94. The minimum Gasteiger partial charge on any atom is -0.328 e. The van der Waals surface area contributed by atoms with Crippen LogP contribution in [0.3, 0.4) is 0 Å². The van der Waals surface area contributed by atoms with Crippen LogP contribution in [-0.2, 0) is 4.79 Å². The lowest BCUT2D eigenvalue weighted by Gasteiger charge is -2.24. The van der Waals surface area contributed by atoms with Gasteiger partial charge in [-0.3, -0.25) is 9.78 Å². The van der Waals surface area contributed by atoms with Crippen molar-refractivity contribution in [2.75, 3.05) is 11.9 Å². The number of carbonyl (C=O) groups excluding carboxylic acids is 1. The Morgan fingerprint density at radius 3 is 2.40 bits per heavy atom. The molecule has 0 spiro atoms. The summed E-state index contributed by atoms with van der Waals surface area (Å²) >= 11 is 0. The molecule has 1 heterocycles. The van der Waals surface area contributed by atoms with Crippen LogP contribution in [0.1, 0.15) is 40.0 Å². The number of aromatic nitrogens is 1. The first kappa shape index (κ1) is 16.6. The minimum atomic E-state index is 0.0148. The van der Waals surface area contributed by atoms with Crippen LogP contribution in [0, 0.1) is 11.8 Å². The summed E-state index contributed by atoms with van der Waals surface area (Å²) in [6.07, 6.45) is 6.36. The van der Waals surface area contributed by atoms with Crippen molar-refractivity contribution in [3.63, 3.8) is 0 Å². The lowest BCUT2D eigenvalue weighted by Crippen LogP contribution is -2.33. The zero-order valence-corrected chi connectivity index (χ0v) is 13.0. The average molecular weight is 277 g/mol. The van der Waals surface area contributed by atoms with Crippen molar-refractivity contribution in [3.8, 4) is 0 Å². The van der Waals surface area contributed by atoms with Crippen LogP contribution in [0.15, 0.2) is 24.5 Å². The largest absolute Gasteiger partial charge is 0.328 e. The van der Waals surface area contributed by atoms with E-state index in [1.54, 1.807) is 17.3 Å². The summed E-state index contributed by atoms with van der Waals surface area (Å²) in [7, 11) is 1.82. The molecule has 0 aliphatic rings. The molecule has 0 aliphatic heterocycles. The Morgan fingerprint density at radius 1 is 1.30 bits per heavy atom. The molecule has 0 radical (unpaired) electrons. The lowest BCUT2D eigenvalue weighted by molar-refractivity contribution is -0.121. The van der Waals surface area contributed by atoms with Gasteiger partial charge in [-0.05, 0) is 37.8 Å². The van der Waals surface area contributed by atoms with E-state index in [1.807, 2.05) is 33.0 Å². The van der Waals surface area contributed by atoms with Crippen molar-refractivity contribution < 1.29 is 4.79 Å². The van der Waals surface area contributed by atoms with Gasteiger partial charge in [0, 0.05) is 37.1 Å². The van der Waals surface area contributed by atoms with Gasteiger partial charge in [0.15, 0.2) is 0 Å². The van der Waals surface area contributed by atoms with Gasteiger partial charge in [-0.25, -0.2) is 0 Å². The predicted octanol–water partition coefficient (Wildman–Crippen LogP) is 2.83. The highest BCUT2D eigenvalue weighted by Crippen LogP contribution is 2.21. The van der Waals surface area contributed by atoms with Crippen molar-refractivity contribution in [3.05, 3.63) is 24.5 Å². The smallest absolute Gasteiger partial charge is 0.229 e. The van der Waals surface area contributed by atoms with E-state index in [0.29, 0.717) is 5.92 Å². The van der Waals surface area contributed by atoms with Gasteiger partial charge in [0.05, 0.1) is 0 Å². The molecule has 0 aliphatic carbocycles. The van der Waals surface area contributed by atoms with Gasteiger partial charge in [-0.15, -0.1) is 0 Å². The third-order valence-corrected chi connectivity index (χ3v) is 4.04. The van der Waals surface area contributed by atoms with E-state index in [0.717, 1.165) is 24.9 Å². The molecule has 0 aromatic carbocycles. The number of nitrogens with zero attached hydrogens (tertiary/aromatic N) is 2. The van der Waals surface area contributed by atoms with Crippen molar-refractivity contribution >= 4 is 11.6 Å². The maximum absolute atomic E-state index is 12.4. The van der Waals surface area contributed by atoms with Crippen LogP contribution in [0.5, 0.6) is 0 Å². The fourth-order valence-electron chi connectivity index (χ4n) is 2.45. The molecule has 1 aromatic heterocycles. The third-order valence-electron chi connectivity index (χ3n) is 4.04. The minimum absolute atomic E-state index is 0.0148. The van der Waals surface area contributed by atoms with E-state index in [1.165, 1.54) is 0 Å². The molecule has 20 heavy (non-hydrogen) atoms. The Balaban J connectivity index is 2.55.